The van der Waals surface area contributed by atoms with Gasteiger partial charge in [0.2, 0.25) is 0 Å². The van der Waals surface area contributed by atoms with E-state index in [0.717, 1.165) is 13.0 Å². The van der Waals surface area contributed by atoms with Crippen molar-refractivity contribution in [3.05, 3.63) is 16.1 Å². The zero-order chi connectivity index (χ0) is 10.7. The number of aromatic nitrogens is 1. The van der Waals surface area contributed by atoms with Crippen molar-refractivity contribution < 1.29 is 0 Å². The standard InChI is InChI=1S/C11H17ClN2S/c1-14-6-2-3-9(7-14)10-8-15-11(13-10)4-5-12/h8-9H,2-7H2,1H3. The number of thiazole rings is 1. The van der Waals surface area contributed by atoms with Gasteiger partial charge in [-0.2, -0.15) is 0 Å². The van der Waals surface area contributed by atoms with Gasteiger partial charge in [0, 0.05) is 30.1 Å². The number of hydrogen-bond donors (Lipinski definition) is 0. The van der Waals surface area contributed by atoms with Crippen LogP contribution in [-0.2, 0) is 6.42 Å². The van der Waals surface area contributed by atoms with Crippen LogP contribution in [0.3, 0.4) is 0 Å². The summed E-state index contributed by atoms with van der Waals surface area (Å²) in [6.07, 6.45) is 3.49. The molecule has 0 spiro atoms. The van der Waals surface area contributed by atoms with Gasteiger partial charge in [-0.15, -0.1) is 22.9 Å². The number of likely N-dealkylation sites (tertiary alicyclic amines) is 1. The highest BCUT2D eigenvalue weighted by atomic mass is 35.5. The number of alkyl halides is 1. The Morgan fingerprint density at radius 3 is 3.27 bits per heavy atom. The molecule has 1 fully saturated rings. The molecule has 0 aliphatic carbocycles. The minimum absolute atomic E-state index is 0.643. The SMILES string of the molecule is CN1CCCC(c2csc(CCCl)n2)C1. The number of piperidine rings is 1. The van der Waals surface area contributed by atoms with Crippen molar-refractivity contribution in [1.29, 1.82) is 0 Å². The molecule has 2 heterocycles. The third-order valence-corrected chi connectivity index (χ3v) is 4.04. The molecule has 1 aliphatic heterocycles. The van der Waals surface area contributed by atoms with E-state index in [0.29, 0.717) is 11.8 Å². The topological polar surface area (TPSA) is 16.1 Å². The lowest BCUT2D eigenvalue weighted by Gasteiger charge is -2.28. The average Bonchev–Trinajstić information content (AvgIpc) is 2.67. The van der Waals surface area contributed by atoms with Gasteiger partial charge in [-0.3, -0.25) is 0 Å². The molecule has 0 saturated carbocycles. The van der Waals surface area contributed by atoms with Crippen LogP contribution in [0.15, 0.2) is 5.38 Å². The maximum atomic E-state index is 5.71. The summed E-state index contributed by atoms with van der Waals surface area (Å²) < 4.78 is 0. The molecule has 1 saturated heterocycles. The number of hydrogen-bond acceptors (Lipinski definition) is 3. The van der Waals surface area contributed by atoms with Crippen molar-refractivity contribution in [3.63, 3.8) is 0 Å². The zero-order valence-electron chi connectivity index (χ0n) is 9.08. The molecule has 0 amide bonds. The highest BCUT2D eigenvalue weighted by Crippen LogP contribution is 2.27. The average molecular weight is 245 g/mol. The number of halogens is 1. The van der Waals surface area contributed by atoms with Gasteiger partial charge in [-0.1, -0.05) is 0 Å². The van der Waals surface area contributed by atoms with Crippen LogP contribution in [0.5, 0.6) is 0 Å². The summed E-state index contributed by atoms with van der Waals surface area (Å²) >= 11 is 7.47. The van der Waals surface area contributed by atoms with Crippen molar-refractivity contribution >= 4 is 22.9 Å². The third-order valence-electron chi connectivity index (χ3n) is 2.92. The third kappa shape index (κ3) is 2.92. The summed E-state index contributed by atoms with van der Waals surface area (Å²) in [5, 5.41) is 3.40. The van der Waals surface area contributed by atoms with Crippen LogP contribution in [0.25, 0.3) is 0 Å². The second kappa shape index (κ2) is 5.28. The Labute approximate surface area is 100 Å². The number of nitrogens with zero attached hydrogens (tertiary/aromatic N) is 2. The predicted octanol–water partition coefficient (Wildman–Crippen LogP) is 2.73. The maximum absolute atomic E-state index is 5.71. The Hall–Kier alpha value is -0.120. The van der Waals surface area contributed by atoms with E-state index in [4.69, 9.17) is 11.6 Å². The smallest absolute Gasteiger partial charge is 0.0940 e. The van der Waals surface area contributed by atoms with Gasteiger partial charge < -0.3 is 4.90 Å². The molecule has 1 unspecified atom stereocenters. The molecule has 2 nitrogen and oxygen atoms in total. The fraction of sp³-hybridized carbons (Fsp3) is 0.727. The van der Waals surface area contributed by atoms with Gasteiger partial charge >= 0.3 is 0 Å². The van der Waals surface area contributed by atoms with E-state index in [-0.39, 0.29) is 0 Å². The van der Waals surface area contributed by atoms with Crippen LogP contribution in [0.1, 0.15) is 29.5 Å². The fourth-order valence-corrected chi connectivity index (χ4v) is 3.29. The highest BCUT2D eigenvalue weighted by Gasteiger charge is 2.20. The monoisotopic (exact) mass is 244 g/mol. The van der Waals surface area contributed by atoms with Crippen molar-refractivity contribution in [3.8, 4) is 0 Å². The molecule has 1 aliphatic rings. The summed E-state index contributed by atoms with van der Waals surface area (Å²) in [7, 11) is 2.19. The van der Waals surface area contributed by atoms with E-state index >= 15 is 0 Å². The molecule has 0 radical (unpaired) electrons. The molecule has 84 valence electrons. The molecule has 4 heteroatoms. The second-order valence-electron chi connectivity index (χ2n) is 4.21. The fourth-order valence-electron chi connectivity index (χ4n) is 2.12. The Morgan fingerprint density at radius 1 is 1.67 bits per heavy atom. The minimum atomic E-state index is 0.643. The van der Waals surface area contributed by atoms with Gasteiger partial charge in [-0.05, 0) is 26.4 Å². The maximum Gasteiger partial charge on any atom is 0.0940 e. The zero-order valence-corrected chi connectivity index (χ0v) is 10.7. The Kier molecular flexibility index (Phi) is 4.00. The van der Waals surface area contributed by atoms with Gasteiger partial charge in [0.15, 0.2) is 0 Å². The summed E-state index contributed by atoms with van der Waals surface area (Å²) in [6.45, 7) is 2.39. The molecule has 0 bridgehead atoms. The second-order valence-corrected chi connectivity index (χ2v) is 5.53. The highest BCUT2D eigenvalue weighted by molar-refractivity contribution is 7.09. The molecular weight excluding hydrogens is 228 g/mol. The van der Waals surface area contributed by atoms with Crippen LogP contribution in [0.2, 0.25) is 0 Å². The molecule has 1 aromatic heterocycles. The first kappa shape index (κ1) is 11.4. The van der Waals surface area contributed by atoms with Crippen molar-refractivity contribution in [1.82, 2.24) is 9.88 Å². The first-order valence-electron chi connectivity index (χ1n) is 5.48. The van der Waals surface area contributed by atoms with E-state index in [1.807, 2.05) is 0 Å². The first-order valence-corrected chi connectivity index (χ1v) is 6.90. The number of rotatable bonds is 3. The quantitative estimate of drug-likeness (QED) is 0.761. The van der Waals surface area contributed by atoms with Crippen molar-refractivity contribution in [2.24, 2.45) is 0 Å². The van der Waals surface area contributed by atoms with Crippen LogP contribution >= 0.6 is 22.9 Å². The van der Waals surface area contributed by atoms with E-state index in [1.165, 1.54) is 30.1 Å². The van der Waals surface area contributed by atoms with Gasteiger partial charge in [-0.25, -0.2) is 4.98 Å². The molecule has 2 rings (SSSR count). The van der Waals surface area contributed by atoms with E-state index in [2.05, 4.69) is 22.3 Å². The van der Waals surface area contributed by atoms with Crippen LogP contribution in [0.4, 0.5) is 0 Å². The minimum Gasteiger partial charge on any atom is -0.306 e. The molecule has 15 heavy (non-hydrogen) atoms. The number of aryl methyl sites for hydroxylation is 1. The van der Waals surface area contributed by atoms with Crippen LogP contribution in [0, 0.1) is 0 Å². The van der Waals surface area contributed by atoms with Gasteiger partial charge in [0.25, 0.3) is 0 Å². The summed E-state index contributed by atoms with van der Waals surface area (Å²) in [6, 6.07) is 0. The number of likely N-dealkylation sites (N-methyl/N-ethyl adjacent to an activating group) is 1. The largest absolute Gasteiger partial charge is 0.306 e. The Morgan fingerprint density at radius 2 is 2.53 bits per heavy atom. The lowest BCUT2D eigenvalue weighted by molar-refractivity contribution is 0.249. The molecule has 1 atom stereocenters. The Balaban J connectivity index is 2.01. The van der Waals surface area contributed by atoms with Gasteiger partial charge in [0.1, 0.15) is 0 Å². The summed E-state index contributed by atoms with van der Waals surface area (Å²) in [4.78, 5) is 7.06. The Bertz CT molecular complexity index is 313. The van der Waals surface area contributed by atoms with Gasteiger partial charge in [0.05, 0.1) is 10.7 Å². The summed E-state index contributed by atoms with van der Waals surface area (Å²) in [5.74, 6) is 1.32. The molecule has 1 aromatic rings. The molecule has 0 N–H and O–H groups in total. The lowest BCUT2D eigenvalue weighted by Crippen LogP contribution is -2.30. The van der Waals surface area contributed by atoms with Crippen LogP contribution < -0.4 is 0 Å². The van der Waals surface area contributed by atoms with E-state index in [9.17, 15) is 0 Å². The normalized spacial score (nSPS) is 23.2. The van der Waals surface area contributed by atoms with Crippen molar-refractivity contribution in [2.75, 3.05) is 26.0 Å². The van der Waals surface area contributed by atoms with Crippen molar-refractivity contribution in [2.45, 2.75) is 25.2 Å². The lowest BCUT2D eigenvalue weighted by atomic mass is 9.96. The first-order chi connectivity index (χ1) is 7.29. The predicted molar refractivity (Wildman–Crippen MR) is 66.0 cm³/mol. The van der Waals surface area contributed by atoms with E-state index in [1.54, 1.807) is 11.3 Å². The van der Waals surface area contributed by atoms with Crippen LogP contribution in [-0.4, -0.2) is 35.9 Å². The van der Waals surface area contributed by atoms with E-state index < -0.39 is 0 Å². The molecule has 0 aromatic carbocycles. The summed E-state index contributed by atoms with van der Waals surface area (Å²) in [5.41, 5.74) is 1.28. The molecular formula is C11H17ClN2S.